The van der Waals surface area contributed by atoms with E-state index in [2.05, 4.69) is 10.5 Å². The zero-order valence-electron chi connectivity index (χ0n) is 17.4. The molecular formula is C20H15F3N4O6S. The first kappa shape index (κ1) is 23.1. The Kier molecular flexibility index (Phi) is 5.47. The molecule has 0 atom stereocenters. The van der Waals surface area contributed by atoms with Gasteiger partial charge >= 0.3 is 11.9 Å². The van der Waals surface area contributed by atoms with Crippen molar-refractivity contribution in [3.05, 3.63) is 70.0 Å². The van der Waals surface area contributed by atoms with E-state index in [1.165, 1.54) is 20.0 Å². The van der Waals surface area contributed by atoms with Crippen LogP contribution < -0.4 is 15.8 Å². The smallest absolute Gasteiger partial charge is 0.408 e. The van der Waals surface area contributed by atoms with Crippen molar-refractivity contribution in [2.75, 3.05) is 10.0 Å². The quantitative estimate of drug-likeness (QED) is 0.432. The van der Waals surface area contributed by atoms with Crippen molar-refractivity contribution in [2.45, 2.75) is 18.0 Å². The molecule has 2 heterocycles. The van der Waals surface area contributed by atoms with Crippen LogP contribution >= 0.6 is 0 Å². The molecule has 10 nitrogen and oxygen atoms in total. The van der Waals surface area contributed by atoms with Crippen LogP contribution in [0.15, 0.2) is 61.2 Å². The number of hydrogen-bond acceptors (Lipinski definition) is 7. The Bertz CT molecular complexity index is 1580. The lowest BCUT2D eigenvalue weighted by Gasteiger charge is -2.16. The van der Waals surface area contributed by atoms with Gasteiger partial charge in [-0.05, 0) is 37.3 Å². The highest BCUT2D eigenvalue weighted by molar-refractivity contribution is 7.92. The third-order valence-corrected chi connectivity index (χ3v) is 6.26. The highest BCUT2D eigenvalue weighted by Gasteiger charge is 2.35. The molecule has 0 aliphatic heterocycles. The van der Waals surface area contributed by atoms with E-state index < -0.39 is 44.0 Å². The van der Waals surface area contributed by atoms with Crippen molar-refractivity contribution in [3.8, 4) is 0 Å². The number of rotatable bonds is 5. The zero-order valence-corrected chi connectivity index (χ0v) is 18.2. The molecule has 178 valence electrons. The summed E-state index contributed by atoms with van der Waals surface area (Å²) in [5.74, 6) is -1.31. The summed E-state index contributed by atoms with van der Waals surface area (Å²) in [4.78, 5) is 23.5. The minimum absolute atomic E-state index is 0.0290. The summed E-state index contributed by atoms with van der Waals surface area (Å²) in [5.41, 5.74) is -2.03. The number of hydrogen-bond donors (Lipinski definition) is 2. The molecule has 2 aromatic carbocycles. The predicted molar refractivity (Wildman–Crippen MR) is 113 cm³/mol. The zero-order chi connectivity index (χ0) is 24.8. The summed E-state index contributed by atoms with van der Waals surface area (Å²) in [6.45, 7) is 1.46. The van der Waals surface area contributed by atoms with Crippen LogP contribution in [0.4, 0.5) is 24.5 Å². The number of sulfonamides is 1. The Balaban J connectivity index is 1.67. The number of oxazole rings is 1. The molecule has 2 N–H and O–H groups in total. The molecule has 0 saturated carbocycles. The normalized spacial score (nSPS) is 12.1. The maximum atomic E-state index is 13.7. The molecule has 0 fully saturated rings. The minimum Gasteiger partial charge on any atom is -0.408 e. The van der Waals surface area contributed by atoms with Crippen molar-refractivity contribution < 1.29 is 35.3 Å². The van der Waals surface area contributed by atoms with Gasteiger partial charge in [0.05, 0.1) is 27.9 Å². The van der Waals surface area contributed by atoms with Crippen LogP contribution in [0.2, 0.25) is 0 Å². The van der Waals surface area contributed by atoms with Gasteiger partial charge in [0.2, 0.25) is 0 Å². The number of amides is 1. The minimum atomic E-state index is -4.96. The number of anilines is 2. The van der Waals surface area contributed by atoms with Crippen LogP contribution in [0.1, 0.15) is 21.7 Å². The first-order valence-corrected chi connectivity index (χ1v) is 10.9. The van der Waals surface area contributed by atoms with Crippen molar-refractivity contribution in [1.29, 1.82) is 0 Å². The maximum absolute atomic E-state index is 13.7. The van der Waals surface area contributed by atoms with Gasteiger partial charge in [0.1, 0.15) is 11.3 Å². The van der Waals surface area contributed by atoms with Gasteiger partial charge < -0.3 is 14.3 Å². The number of alkyl halides is 3. The van der Waals surface area contributed by atoms with Gasteiger partial charge in [0.25, 0.3) is 15.9 Å². The number of carbonyl (C=O) groups excluding carboxylic acids is 1. The number of halogens is 3. The molecule has 1 amide bonds. The number of carbonyl (C=O) groups is 1. The topological polar surface area (TPSA) is 136 Å². The lowest BCUT2D eigenvalue weighted by molar-refractivity contribution is -0.136. The van der Waals surface area contributed by atoms with Crippen molar-refractivity contribution >= 4 is 38.4 Å². The number of aromatic nitrogens is 2. The Hall–Kier alpha value is -4.07. The lowest BCUT2D eigenvalue weighted by Crippen LogP contribution is -2.18. The van der Waals surface area contributed by atoms with Crippen LogP contribution in [-0.4, -0.2) is 24.0 Å². The Morgan fingerprint density at radius 1 is 1.15 bits per heavy atom. The van der Waals surface area contributed by atoms with E-state index in [9.17, 15) is 31.2 Å². The van der Waals surface area contributed by atoms with Gasteiger partial charge in [-0.25, -0.2) is 13.2 Å². The number of nitrogens with one attached hydrogen (secondary N) is 2. The fourth-order valence-electron chi connectivity index (χ4n) is 3.15. The maximum Gasteiger partial charge on any atom is 0.419 e. The number of nitrogens with zero attached hydrogens (tertiary/aromatic N) is 2. The molecule has 2 aromatic heterocycles. The second-order valence-corrected chi connectivity index (χ2v) is 8.85. The SMILES string of the molecule is Cc1oncc1C(=O)Nc1ccc(NS(=O)(=O)c2ccc3c(c2)oc(=O)n3C)c(C(F)(F)F)c1. The summed E-state index contributed by atoms with van der Waals surface area (Å²) >= 11 is 0. The molecule has 0 unspecified atom stereocenters. The third-order valence-electron chi connectivity index (χ3n) is 4.90. The molecule has 0 aliphatic carbocycles. The molecule has 14 heteroatoms. The van der Waals surface area contributed by atoms with Crippen LogP contribution in [0.3, 0.4) is 0 Å². The second kappa shape index (κ2) is 8.06. The number of benzene rings is 2. The fraction of sp³-hybridized carbons (Fsp3) is 0.150. The predicted octanol–water partition coefficient (Wildman–Crippen LogP) is 3.50. The molecule has 4 aromatic rings. The summed E-state index contributed by atoms with van der Waals surface area (Å²) < 4.78 is 79.4. The van der Waals surface area contributed by atoms with E-state index in [1.54, 1.807) is 0 Å². The van der Waals surface area contributed by atoms with E-state index in [-0.39, 0.29) is 22.6 Å². The van der Waals surface area contributed by atoms with E-state index >= 15 is 0 Å². The molecular weight excluding hydrogens is 481 g/mol. The van der Waals surface area contributed by atoms with E-state index in [4.69, 9.17) is 8.94 Å². The number of aryl methyl sites for hydroxylation is 2. The summed E-state index contributed by atoms with van der Waals surface area (Å²) in [6.07, 6.45) is -3.84. The van der Waals surface area contributed by atoms with Crippen LogP contribution in [0, 0.1) is 6.92 Å². The molecule has 4 rings (SSSR count). The molecule has 0 radical (unpaired) electrons. The molecule has 0 spiro atoms. The summed E-state index contributed by atoms with van der Waals surface area (Å²) in [7, 11) is -3.08. The number of fused-ring (bicyclic) bond motifs is 1. The summed E-state index contributed by atoms with van der Waals surface area (Å²) in [5, 5.41) is 5.72. The van der Waals surface area contributed by atoms with Gasteiger partial charge in [0.15, 0.2) is 5.58 Å². The summed E-state index contributed by atoms with van der Waals surface area (Å²) in [6, 6.07) is 6.03. The standard InChI is InChI=1S/C20H15F3N4O6S/c1-10-13(9-24-33-10)18(28)25-11-3-5-15(14(7-11)20(21,22)23)26-34(30,31)12-4-6-16-17(8-12)32-19(29)27(16)2/h3-9,26H,1-2H3,(H,25,28). The molecule has 34 heavy (non-hydrogen) atoms. The highest BCUT2D eigenvalue weighted by Crippen LogP contribution is 2.37. The first-order valence-electron chi connectivity index (χ1n) is 9.43. The van der Waals surface area contributed by atoms with Gasteiger partial charge in [-0.2, -0.15) is 13.2 Å². The average Bonchev–Trinajstić information content (AvgIpc) is 3.30. The van der Waals surface area contributed by atoms with Gasteiger partial charge in [-0.1, -0.05) is 5.16 Å². The van der Waals surface area contributed by atoms with E-state index in [0.717, 1.165) is 35.0 Å². The largest absolute Gasteiger partial charge is 0.419 e. The van der Waals surface area contributed by atoms with Crippen molar-refractivity contribution in [2.24, 2.45) is 7.05 Å². The van der Waals surface area contributed by atoms with Crippen LogP contribution in [0.25, 0.3) is 11.1 Å². The van der Waals surface area contributed by atoms with E-state index in [0.29, 0.717) is 11.6 Å². The molecule has 0 aliphatic rings. The van der Waals surface area contributed by atoms with Gasteiger partial charge in [-0.15, -0.1) is 0 Å². The van der Waals surface area contributed by atoms with Gasteiger partial charge in [-0.3, -0.25) is 14.1 Å². The van der Waals surface area contributed by atoms with Crippen molar-refractivity contribution in [3.63, 3.8) is 0 Å². The highest BCUT2D eigenvalue weighted by atomic mass is 32.2. The fourth-order valence-corrected chi connectivity index (χ4v) is 4.24. The Morgan fingerprint density at radius 2 is 1.88 bits per heavy atom. The molecule has 0 bridgehead atoms. The van der Waals surface area contributed by atoms with Gasteiger partial charge in [0, 0.05) is 18.8 Å². The van der Waals surface area contributed by atoms with E-state index in [1.807, 2.05) is 4.72 Å². The average molecular weight is 496 g/mol. The third kappa shape index (κ3) is 4.26. The van der Waals surface area contributed by atoms with Crippen LogP contribution in [0.5, 0.6) is 0 Å². The lowest BCUT2D eigenvalue weighted by atomic mass is 10.1. The monoisotopic (exact) mass is 496 g/mol. The first-order chi connectivity index (χ1) is 15.9. The van der Waals surface area contributed by atoms with Crippen molar-refractivity contribution in [1.82, 2.24) is 9.72 Å². The Labute approximate surface area is 189 Å². The second-order valence-electron chi connectivity index (χ2n) is 7.17. The molecule has 0 saturated heterocycles. The van der Waals surface area contributed by atoms with Crippen LogP contribution in [-0.2, 0) is 23.2 Å². The Morgan fingerprint density at radius 3 is 2.53 bits per heavy atom.